The zero-order chi connectivity index (χ0) is 15.6. The monoisotopic (exact) mass is 312 g/mol. The predicted molar refractivity (Wildman–Crippen MR) is 89.3 cm³/mol. The van der Waals surface area contributed by atoms with Gasteiger partial charge in [0.05, 0.1) is 6.04 Å². The molecular formula is C17H24N6. The third-order valence-corrected chi connectivity index (χ3v) is 4.94. The van der Waals surface area contributed by atoms with Gasteiger partial charge < -0.3 is 14.8 Å². The van der Waals surface area contributed by atoms with Crippen molar-refractivity contribution in [3.63, 3.8) is 0 Å². The van der Waals surface area contributed by atoms with Gasteiger partial charge in [0, 0.05) is 32.4 Å². The maximum atomic E-state index is 4.63. The maximum absolute atomic E-state index is 4.63. The molecule has 2 aromatic heterocycles. The smallest absolute Gasteiger partial charge is 0.150 e. The second-order valence-electron chi connectivity index (χ2n) is 6.55. The molecule has 1 N–H and O–H groups in total. The van der Waals surface area contributed by atoms with Gasteiger partial charge in [-0.3, -0.25) is 0 Å². The second kappa shape index (κ2) is 6.28. The molecule has 2 aliphatic heterocycles. The minimum Gasteiger partial charge on any atom is -0.357 e. The molecule has 4 heterocycles. The van der Waals surface area contributed by atoms with Gasteiger partial charge >= 0.3 is 0 Å². The lowest BCUT2D eigenvalue weighted by atomic mass is 10.1. The summed E-state index contributed by atoms with van der Waals surface area (Å²) >= 11 is 0. The molecule has 0 unspecified atom stereocenters. The SMILES string of the molecule is Cc1nnc2n1CCC[C@H]2NCc1ccc(N2CCCC2)nc1. The van der Waals surface area contributed by atoms with Crippen LogP contribution in [0.3, 0.4) is 0 Å². The third kappa shape index (κ3) is 2.95. The molecule has 4 rings (SSSR count). The average Bonchev–Trinajstić information content (AvgIpc) is 3.24. The third-order valence-electron chi connectivity index (χ3n) is 4.94. The minimum atomic E-state index is 0.295. The summed E-state index contributed by atoms with van der Waals surface area (Å²) in [5.41, 5.74) is 1.22. The Morgan fingerprint density at radius 2 is 2.00 bits per heavy atom. The molecule has 0 spiro atoms. The Morgan fingerprint density at radius 1 is 1.13 bits per heavy atom. The lowest BCUT2D eigenvalue weighted by molar-refractivity contribution is 0.381. The molecule has 0 amide bonds. The van der Waals surface area contributed by atoms with Gasteiger partial charge in [-0.25, -0.2) is 4.98 Å². The van der Waals surface area contributed by atoms with E-state index in [1.54, 1.807) is 0 Å². The van der Waals surface area contributed by atoms with Crippen LogP contribution in [0.25, 0.3) is 0 Å². The van der Waals surface area contributed by atoms with Gasteiger partial charge in [-0.15, -0.1) is 10.2 Å². The number of aromatic nitrogens is 4. The molecule has 0 bridgehead atoms. The van der Waals surface area contributed by atoms with Gasteiger partial charge in [-0.1, -0.05) is 6.07 Å². The van der Waals surface area contributed by atoms with Gasteiger partial charge in [-0.2, -0.15) is 0 Å². The lowest BCUT2D eigenvalue weighted by Gasteiger charge is -2.24. The molecule has 2 aliphatic rings. The van der Waals surface area contributed by atoms with Crippen LogP contribution >= 0.6 is 0 Å². The van der Waals surface area contributed by atoms with E-state index < -0.39 is 0 Å². The minimum absolute atomic E-state index is 0.295. The Morgan fingerprint density at radius 3 is 2.78 bits per heavy atom. The summed E-state index contributed by atoms with van der Waals surface area (Å²) in [6.07, 6.45) is 6.87. The van der Waals surface area contributed by atoms with Gasteiger partial charge in [0.25, 0.3) is 0 Å². The Kier molecular flexibility index (Phi) is 3.99. The number of pyridine rings is 1. The lowest BCUT2D eigenvalue weighted by Crippen LogP contribution is -2.28. The van der Waals surface area contributed by atoms with Crippen LogP contribution in [0.1, 0.15) is 48.9 Å². The van der Waals surface area contributed by atoms with E-state index in [-0.39, 0.29) is 0 Å². The fraction of sp³-hybridized carbons (Fsp3) is 0.588. The number of aryl methyl sites for hydroxylation is 1. The molecule has 23 heavy (non-hydrogen) atoms. The predicted octanol–water partition coefficient (Wildman–Crippen LogP) is 2.21. The van der Waals surface area contributed by atoms with E-state index in [1.807, 2.05) is 13.1 Å². The number of hydrogen-bond acceptors (Lipinski definition) is 5. The molecule has 0 saturated carbocycles. The van der Waals surface area contributed by atoms with Crippen molar-refractivity contribution >= 4 is 5.82 Å². The fourth-order valence-electron chi connectivity index (χ4n) is 3.60. The van der Waals surface area contributed by atoms with Crippen LogP contribution in [-0.4, -0.2) is 32.8 Å². The Labute approximate surface area is 136 Å². The summed E-state index contributed by atoms with van der Waals surface area (Å²) < 4.78 is 2.23. The van der Waals surface area contributed by atoms with Crippen LogP contribution < -0.4 is 10.2 Å². The van der Waals surface area contributed by atoms with E-state index in [9.17, 15) is 0 Å². The highest BCUT2D eigenvalue weighted by atomic mass is 15.3. The van der Waals surface area contributed by atoms with Crippen molar-refractivity contribution in [2.45, 2.75) is 51.7 Å². The first-order chi connectivity index (χ1) is 11.3. The average molecular weight is 312 g/mol. The van der Waals surface area contributed by atoms with Gasteiger partial charge in [0.2, 0.25) is 0 Å². The van der Waals surface area contributed by atoms with E-state index in [0.717, 1.165) is 50.1 Å². The Balaban J connectivity index is 1.39. The highest BCUT2D eigenvalue weighted by molar-refractivity contribution is 5.40. The van der Waals surface area contributed by atoms with Crippen molar-refractivity contribution in [1.82, 2.24) is 25.1 Å². The zero-order valence-electron chi connectivity index (χ0n) is 13.7. The van der Waals surface area contributed by atoms with Crippen LogP contribution in [0, 0.1) is 6.92 Å². The molecule has 0 aromatic carbocycles. The fourth-order valence-corrected chi connectivity index (χ4v) is 3.60. The standard InChI is InChI=1S/C17H24N6/c1-13-20-21-17-15(5-4-10-23(13)17)18-11-14-6-7-16(19-12-14)22-8-2-3-9-22/h6-7,12,15,18H,2-5,8-11H2,1H3/t15-/m1/s1. The first-order valence-corrected chi connectivity index (χ1v) is 8.64. The first-order valence-electron chi connectivity index (χ1n) is 8.64. The molecule has 6 heteroatoms. The zero-order valence-corrected chi connectivity index (χ0v) is 13.7. The van der Waals surface area contributed by atoms with Gasteiger partial charge in [0.1, 0.15) is 17.5 Å². The number of rotatable bonds is 4. The van der Waals surface area contributed by atoms with E-state index in [2.05, 4.69) is 42.1 Å². The van der Waals surface area contributed by atoms with Gasteiger partial charge in [-0.05, 0) is 44.2 Å². The molecule has 122 valence electrons. The quantitative estimate of drug-likeness (QED) is 0.938. The van der Waals surface area contributed by atoms with Crippen LogP contribution in [-0.2, 0) is 13.1 Å². The summed E-state index contributed by atoms with van der Waals surface area (Å²) in [6, 6.07) is 4.63. The number of fused-ring (bicyclic) bond motifs is 1. The van der Waals surface area contributed by atoms with Crippen LogP contribution in [0.2, 0.25) is 0 Å². The summed E-state index contributed by atoms with van der Waals surface area (Å²) in [6.45, 7) is 6.17. The van der Waals surface area contributed by atoms with E-state index >= 15 is 0 Å². The van der Waals surface area contributed by atoms with E-state index in [0.29, 0.717) is 6.04 Å². The summed E-state index contributed by atoms with van der Waals surface area (Å²) in [7, 11) is 0. The molecule has 6 nitrogen and oxygen atoms in total. The second-order valence-corrected chi connectivity index (χ2v) is 6.55. The summed E-state index contributed by atoms with van der Waals surface area (Å²) in [5, 5.41) is 12.2. The molecule has 1 atom stereocenters. The highest BCUT2D eigenvalue weighted by Gasteiger charge is 2.23. The van der Waals surface area contributed by atoms with Crippen LogP contribution in [0.5, 0.6) is 0 Å². The number of nitrogens with one attached hydrogen (secondary N) is 1. The Hall–Kier alpha value is -1.95. The molecule has 0 aliphatic carbocycles. The molecule has 1 saturated heterocycles. The van der Waals surface area contributed by atoms with Crippen molar-refractivity contribution in [2.75, 3.05) is 18.0 Å². The topological polar surface area (TPSA) is 58.9 Å². The molecular weight excluding hydrogens is 288 g/mol. The molecule has 0 radical (unpaired) electrons. The Bertz CT molecular complexity index is 656. The number of nitrogens with zero attached hydrogens (tertiary/aromatic N) is 5. The van der Waals surface area contributed by atoms with Crippen LogP contribution in [0.4, 0.5) is 5.82 Å². The summed E-state index contributed by atoms with van der Waals surface area (Å²) in [5.74, 6) is 3.21. The highest BCUT2D eigenvalue weighted by Crippen LogP contribution is 2.24. The largest absolute Gasteiger partial charge is 0.357 e. The number of anilines is 1. The molecule has 2 aromatic rings. The van der Waals surface area contributed by atoms with E-state index in [4.69, 9.17) is 0 Å². The normalized spacial score (nSPS) is 20.7. The van der Waals surface area contributed by atoms with Crippen molar-refractivity contribution in [1.29, 1.82) is 0 Å². The molecule has 1 fully saturated rings. The number of hydrogen-bond donors (Lipinski definition) is 1. The van der Waals surface area contributed by atoms with Crippen molar-refractivity contribution in [3.05, 3.63) is 35.5 Å². The van der Waals surface area contributed by atoms with Crippen LogP contribution in [0.15, 0.2) is 18.3 Å². The van der Waals surface area contributed by atoms with Crippen molar-refractivity contribution in [3.8, 4) is 0 Å². The van der Waals surface area contributed by atoms with Crippen molar-refractivity contribution < 1.29 is 0 Å². The van der Waals surface area contributed by atoms with Crippen molar-refractivity contribution in [2.24, 2.45) is 0 Å². The summed E-state index contributed by atoms with van der Waals surface area (Å²) in [4.78, 5) is 6.99. The van der Waals surface area contributed by atoms with Gasteiger partial charge in [0.15, 0.2) is 0 Å². The maximum Gasteiger partial charge on any atom is 0.150 e. The van der Waals surface area contributed by atoms with E-state index in [1.165, 1.54) is 24.8 Å². The first kappa shape index (κ1) is 14.6.